The number of hydrogen-bond acceptors (Lipinski definition) is 14. The van der Waals surface area contributed by atoms with E-state index in [2.05, 4.69) is 24.5 Å². The highest BCUT2D eigenvalue weighted by molar-refractivity contribution is 5.84. The van der Waals surface area contributed by atoms with Crippen molar-refractivity contribution in [2.45, 2.75) is 226 Å². The Morgan fingerprint density at radius 2 is 0.612 bits per heavy atom. The number of nitrogens with one attached hydrogen (secondary N) is 2. The minimum absolute atomic E-state index is 0.00203. The third kappa shape index (κ3) is 54.4. The predicted octanol–water partition coefficient (Wildman–Crippen LogP) is 9.50. The molecular formula is C65H125N7O13. The number of ether oxygens (including phenoxy) is 4. The molecule has 1 fully saturated rings. The molecule has 3 amide bonds. The highest BCUT2D eigenvalue weighted by atomic mass is 16.6. The van der Waals surface area contributed by atoms with E-state index in [1.807, 2.05) is 9.80 Å². The lowest BCUT2D eigenvalue weighted by molar-refractivity contribution is -0.140. The van der Waals surface area contributed by atoms with Gasteiger partial charge in [0.2, 0.25) is 17.7 Å². The van der Waals surface area contributed by atoms with Crippen LogP contribution in [-0.4, -0.2) is 233 Å². The van der Waals surface area contributed by atoms with Crippen molar-refractivity contribution in [3.05, 3.63) is 0 Å². The molecule has 0 radical (unpaired) electrons. The van der Waals surface area contributed by atoms with Crippen molar-refractivity contribution in [2.24, 2.45) is 0 Å². The van der Waals surface area contributed by atoms with Crippen LogP contribution < -0.4 is 10.6 Å². The van der Waals surface area contributed by atoms with E-state index >= 15 is 0 Å². The Hall–Kier alpha value is -3.50. The molecule has 0 aromatic heterocycles. The van der Waals surface area contributed by atoms with E-state index in [0.29, 0.717) is 92.0 Å². The topological polar surface area (TPSA) is 240 Å². The van der Waals surface area contributed by atoms with Crippen LogP contribution in [0.25, 0.3) is 0 Å². The molecular weight excluding hydrogens is 1090 g/mol. The van der Waals surface area contributed by atoms with Crippen molar-refractivity contribution in [3.8, 4) is 0 Å². The lowest BCUT2D eigenvalue weighted by atomic mass is 10.0. The SMILES string of the molecule is CCCCCCCCCCCCCCCCCCN(CCCCCCCCCCCCCCCCCC)C(=O)CNC(=O)CCOCCOCCOCCOCCNC(=O)CN1CCN(CC(=O)O)CCN(CC(=O)O)CCN(CC(=O)O)CC1. The zero-order valence-corrected chi connectivity index (χ0v) is 54.0. The fraction of sp³-hybridized carbons (Fsp3) is 0.908. The molecule has 0 atom stereocenters. The van der Waals surface area contributed by atoms with Crippen LogP contribution in [0.2, 0.25) is 0 Å². The van der Waals surface area contributed by atoms with Gasteiger partial charge in [-0.1, -0.05) is 206 Å². The number of carboxylic acids is 3. The summed E-state index contributed by atoms with van der Waals surface area (Å²) in [5, 5.41) is 34.0. The molecule has 1 aliphatic heterocycles. The fourth-order valence-corrected chi connectivity index (χ4v) is 10.7. The average molecular weight is 1210 g/mol. The first kappa shape index (κ1) is 79.5. The van der Waals surface area contributed by atoms with Crippen LogP contribution in [0.3, 0.4) is 0 Å². The van der Waals surface area contributed by atoms with Crippen molar-refractivity contribution in [2.75, 3.05) is 158 Å². The number of unbranched alkanes of at least 4 members (excludes halogenated alkanes) is 30. The van der Waals surface area contributed by atoms with Gasteiger partial charge in [-0.2, -0.15) is 0 Å². The number of aliphatic carboxylic acids is 3. The van der Waals surface area contributed by atoms with Crippen molar-refractivity contribution in [1.29, 1.82) is 0 Å². The van der Waals surface area contributed by atoms with Gasteiger partial charge in [-0.3, -0.25) is 48.4 Å². The summed E-state index contributed by atoms with van der Waals surface area (Å²) in [5.74, 6) is -3.50. The Kier molecular flexibility index (Phi) is 55.6. The van der Waals surface area contributed by atoms with Crippen LogP contribution in [0.15, 0.2) is 0 Å². The lowest BCUT2D eigenvalue weighted by Crippen LogP contribution is -2.50. The van der Waals surface area contributed by atoms with Gasteiger partial charge in [-0.15, -0.1) is 0 Å². The van der Waals surface area contributed by atoms with E-state index in [1.54, 1.807) is 14.7 Å². The summed E-state index contributed by atoms with van der Waals surface area (Å²) in [7, 11) is 0. The van der Waals surface area contributed by atoms with Crippen LogP contribution in [0.5, 0.6) is 0 Å². The molecule has 0 bridgehead atoms. The predicted molar refractivity (Wildman–Crippen MR) is 338 cm³/mol. The summed E-state index contributed by atoms with van der Waals surface area (Å²) in [6.07, 6.45) is 42.3. The monoisotopic (exact) mass is 1210 g/mol. The maximum Gasteiger partial charge on any atom is 0.317 e. The summed E-state index contributed by atoms with van der Waals surface area (Å²) in [5.41, 5.74) is 0. The molecule has 5 N–H and O–H groups in total. The van der Waals surface area contributed by atoms with E-state index in [0.717, 1.165) is 38.8 Å². The van der Waals surface area contributed by atoms with Crippen LogP contribution >= 0.6 is 0 Å². The van der Waals surface area contributed by atoms with Crippen LogP contribution in [0.4, 0.5) is 0 Å². The largest absolute Gasteiger partial charge is 0.480 e. The Labute approximate surface area is 515 Å². The maximum absolute atomic E-state index is 13.4. The third-order valence-electron chi connectivity index (χ3n) is 15.9. The molecule has 0 saturated carbocycles. The van der Waals surface area contributed by atoms with E-state index in [4.69, 9.17) is 18.9 Å². The molecule has 0 spiro atoms. The zero-order valence-electron chi connectivity index (χ0n) is 54.0. The van der Waals surface area contributed by atoms with E-state index in [1.165, 1.54) is 180 Å². The van der Waals surface area contributed by atoms with Gasteiger partial charge in [-0.05, 0) is 12.8 Å². The third-order valence-corrected chi connectivity index (χ3v) is 15.9. The van der Waals surface area contributed by atoms with Crippen LogP contribution in [0, 0.1) is 0 Å². The first-order valence-electron chi connectivity index (χ1n) is 34.1. The standard InChI is InChI=1S/C65H125N7O13/c1-3-5-7-9-11-13-15-17-19-21-23-25-27-29-31-33-37-72(38-34-32-30-28-26-24-22-20-18-16-14-12-10-8-6-4-2)62(75)55-67-60(73)35-47-82-49-51-84-53-54-85-52-50-83-48-36-66-61(74)56-68-39-41-69(57-63(76)77)43-45-71(59-65(80)81)46-44-70(42-40-68)58-64(78)79/h3-59H2,1-2H3,(H,66,74)(H,67,73)(H,76,77)(H,78,79)(H,80,81). The van der Waals surface area contributed by atoms with Gasteiger partial charge < -0.3 is 49.8 Å². The summed E-state index contributed by atoms with van der Waals surface area (Å²) in [6.45, 7) is 10.7. The maximum atomic E-state index is 13.4. The number of amides is 3. The van der Waals surface area contributed by atoms with Gasteiger partial charge in [0.05, 0.1) is 85.6 Å². The molecule has 20 heteroatoms. The number of carboxylic acid groups (broad SMARTS) is 3. The Bertz CT molecular complexity index is 1550. The van der Waals surface area contributed by atoms with Gasteiger partial charge in [-0.25, -0.2) is 0 Å². The second-order valence-electron chi connectivity index (χ2n) is 23.6. The number of rotatable bonds is 59. The molecule has 85 heavy (non-hydrogen) atoms. The van der Waals surface area contributed by atoms with Crippen molar-refractivity contribution in [1.82, 2.24) is 35.1 Å². The van der Waals surface area contributed by atoms with E-state index in [9.17, 15) is 44.1 Å². The smallest absolute Gasteiger partial charge is 0.317 e. The number of hydrogen-bond donors (Lipinski definition) is 5. The van der Waals surface area contributed by atoms with Crippen LogP contribution in [-0.2, 0) is 47.7 Å². The molecule has 498 valence electrons. The number of carbonyl (C=O) groups excluding carboxylic acids is 3. The number of nitrogens with zero attached hydrogens (tertiary/aromatic N) is 5. The Morgan fingerprint density at radius 3 is 0.918 bits per heavy atom. The molecule has 1 aliphatic rings. The molecule has 1 rings (SSSR count). The minimum Gasteiger partial charge on any atom is -0.480 e. The van der Waals surface area contributed by atoms with Crippen LogP contribution in [0.1, 0.15) is 226 Å². The first-order chi connectivity index (χ1) is 41.4. The zero-order chi connectivity index (χ0) is 61.9. The summed E-state index contributed by atoms with van der Waals surface area (Å²) >= 11 is 0. The molecule has 20 nitrogen and oxygen atoms in total. The normalized spacial score (nSPS) is 14.2. The summed E-state index contributed by atoms with van der Waals surface area (Å²) < 4.78 is 22.4. The fourth-order valence-electron chi connectivity index (χ4n) is 10.7. The Morgan fingerprint density at radius 1 is 0.341 bits per heavy atom. The molecule has 1 saturated heterocycles. The Balaban J connectivity index is 2.28. The molecule has 0 aliphatic carbocycles. The summed E-state index contributed by atoms with van der Waals surface area (Å²) in [4.78, 5) is 82.5. The molecule has 1 heterocycles. The van der Waals surface area contributed by atoms with Crippen molar-refractivity contribution < 1.29 is 63.0 Å². The lowest BCUT2D eigenvalue weighted by Gasteiger charge is -2.32. The highest BCUT2D eigenvalue weighted by Gasteiger charge is 2.22. The molecule has 0 aromatic rings. The van der Waals surface area contributed by atoms with Gasteiger partial charge >= 0.3 is 17.9 Å². The summed E-state index contributed by atoms with van der Waals surface area (Å²) in [6, 6.07) is 0. The van der Waals surface area contributed by atoms with Gasteiger partial charge in [0.1, 0.15) is 0 Å². The quantitative estimate of drug-likeness (QED) is 0.0356. The second-order valence-corrected chi connectivity index (χ2v) is 23.6. The average Bonchev–Trinajstić information content (AvgIpc) is 3.58. The van der Waals surface area contributed by atoms with Gasteiger partial charge in [0.25, 0.3) is 0 Å². The van der Waals surface area contributed by atoms with Gasteiger partial charge in [0.15, 0.2) is 0 Å². The van der Waals surface area contributed by atoms with E-state index in [-0.39, 0.29) is 76.6 Å². The first-order valence-corrected chi connectivity index (χ1v) is 34.1. The highest BCUT2D eigenvalue weighted by Crippen LogP contribution is 2.16. The van der Waals surface area contributed by atoms with Gasteiger partial charge in [0, 0.05) is 78.4 Å². The molecule has 0 unspecified atom stereocenters. The second kappa shape index (κ2) is 59.5. The van der Waals surface area contributed by atoms with Crippen molar-refractivity contribution in [3.63, 3.8) is 0 Å². The molecule has 0 aromatic carbocycles. The minimum atomic E-state index is -1.02. The van der Waals surface area contributed by atoms with Crippen molar-refractivity contribution >= 4 is 35.6 Å². The number of carbonyl (C=O) groups is 6. The van der Waals surface area contributed by atoms with E-state index < -0.39 is 17.9 Å².